The molecule has 1 amide bonds. The summed E-state index contributed by atoms with van der Waals surface area (Å²) >= 11 is 9.01. The summed E-state index contributed by atoms with van der Waals surface area (Å²) in [6.45, 7) is 1.75. The van der Waals surface area contributed by atoms with Crippen LogP contribution < -0.4 is 0 Å². The normalized spacial score (nSPS) is 20.9. The van der Waals surface area contributed by atoms with Crippen molar-refractivity contribution >= 4 is 40.6 Å². The number of likely N-dealkylation sites (tertiary alicyclic amines) is 1. The summed E-state index contributed by atoms with van der Waals surface area (Å²) in [6.07, 6.45) is 3.20. The van der Waals surface area contributed by atoms with Crippen LogP contribution in [0.15, 0.2) is 12.1 Å². The van der Waals surface area contributed by atoms with Crippen molar-refractivity contribution < 1.29 is 4.79 Å². The molecule has 5 heteroatoms. The van der Waals surface area contributed by atoms with Gasteiger partial charge in [-0.1, -0.05) is 11.6 Å². The number of thiophene rings is 1. The lowest BCUT2D eigenvalue weighted by Gasteiger charge is -2.14. The van der Waals surface area contributed by atoms with Gasteiger partial charge >= 0.3 is 0 Å². The minimum Gasteiger partial charge on any atom is -0.337 e. The van der Waals surface area contributed by atoms with Crippen LogP contribution in [0.1, 0.15) is 16.1 Å². The van der Waals surface area contributed by atoms with Crippen molar-refractivity contribution in [3.8, 4) is 0 Å². The van der Waals surface area contributed by atoms with E-state index in [4.69, 9.17) is 11.6 Å². The van der Waals surface area contributed by atoms with Crippen LogP contribution >= 0.6 is 34.7 Å². The number of thioether (sulfide) groups is 1. The number of amides is 1. The standard InChI is InChI=1S/C10H12ClNOS2/c1-14-7-4-5-12(6-7)10(13)8-2-3-9(11)15-8/h2-3,7H,4-6H2,1H3/t7-/m1/s1. The fourth-order valence-electron chi connectivity index (χ4n) is 1.69. The Hall–Kier alpha value is -0.190. The van der Waals surface area contributed by atoms with Gasteiger partial charge in [0.2, 0.25) is 0 Å². The summed E-state index contributed by atoms with van der Waals surface area (Å²) in [4.78, 5) is 14.7. The van der Waals surface area contributed by atoms with Crippen LogP contribution in [0.25, 0.3) is 0 Å². The zero-order valence-corrected chi connectivity index (χ0v) is 10.8. The van der Waals surface area contributed by atoms with E-state index in [1.807, 2.05) is 22.7 Å². The zero-order valence-electron chi connectivity index (χ0n) is 8.40. The molecule has 0 unspecified atom stereocenters. The van der Waals surface area contributed by atoms with Gasteiger partial charge in [0.25, 0.3) is 5.91 Å². The van der Waals surface area contributed by atoms with E-state index in [-0.39, 0.29) is 5.91 Å². The number of halogens is 1. The number of carbonyl (C=O) groups is 1. The first-order valence-electron chi connectivity index (χ1n) is 4.78. The topological polar surface area (TPSA) is 20.3 Å². The van der Waals surface area contributed by atoms with E-state index in [0.29, 0.717) is 9.59 Å². The molecule has 15 heavy (non-hydrogen) atoms. The molecule has 82 valence electrons. The molecule has 1 aromatic rings. The Morgan fingerprint density at radius 2 is 2.47 bits per heavy atom. The minimum atomic E-state index is 0.128. The van der Waals surface area contributed by atoms with Crippen LogP contribution in [0.4, 0.5) is 0 Å². The minimum absolute atomic E-state index is 0.128. The second kappa shape index (κ2) is 4.76. The van der Waals surface area contributed by atoms with E-state index in [1.165, 1.54) is 11.3 Å². The SMILES string of the molecule is CS[C@@H]1CCN(C(=O)c2ccc(Cl)s2)C1. The van der Waals surface area contributed by atoms with Crippen molar-refractivity contribution in [3.63, 3.8) is 0 Å². The number of rotatable bonds is 2. The molecule has 2 rings (SSSR count). The Labute approximate surface area is 103 Å². The lowest BCUT2D eigenvalue weighted by atomic mass is 10.4. The predicted molar refractivity (Wildman–Crippen MR) is 67.2 cm³/mol. The second-order valence-electron chi connectivity index (χ2n) is 3.50. The smallest absolute Gasteiger partial charge is 0.264 e. The summed E-state index contributed by atoms with van der Waals surface area (Å²) in [5.41, 5.74) is 0. The van der Waals surface area contributed by atoms with Gasteiger partial charge in [0.1, 0.15) is 0 Å². The van der Waals surface area contributed by atoms with Crippen LogP contribution in [-0.4, -0.2) is 35.4 Å². The molecule has 1 saturated heterocycles. The maximum Gasteiger partial charge on any atom is 0.264 e. The van der Waals surface area contributed by atoms with Crippen LogP contribution in [0.3, 0.4) is 0 Å². The predicted octanol–water partition coefficient (Wildman–Crippen LogP) is 2.98. The highest BCUT2D eigenvalue weighted by atomic mass is 35.5. The number of hydrogen-bond acceptors (Lipinski definition) is 3. The van der Waals surface area contributed by atoms with Crippen molar-refractivity contribution in [1.82, 2.24) is 4.90 Å². The molecular weight excluding hydrogens is 250 g/mol. The molecule has 1 aliphatic rings. The van der Waals surface area contributed by atoms with Gasteiger partial charge in [0.05, 0.1) is 9.21 Å². The first-order valence-corrected chi connectivity index (χ1v) is 7.26. The first-order chi connectivity index (χ1) is 7.20. The highest BCUT2D eigenvalue weighted by molar-refractivity contribution is 7.99. The van der Waals surface area contributed by atoms with Crippen molar-refractivity contribution in [2.24, 2.45) is 0 Å². The highest BCUT2D eigenvalue weighted by Crippen LogP contribution is 2.26. The number of hydrogen-bond donors (Lipinski definition) is 0. The lowest BCUT2D eigenvalue weighted by Crippen LogP contribution is -2.28. The molecule has 0 spiro atoms. The lowest BCUT2D eigenvalue weighted by molar-refractivity contribution is 0.0798. The van der Waals surface area contributed by atoms with E-state index in [9.17, 15) is 4.79 Å². The zero-order chi connectivity index (χ0) is 10.8. The largest absolute Gasteiger partial charge is 0.337 e. The molecule has 1 aliphatic heterocycles. The molecule has 0 aliphatic carbocycles. The Morgan fingerprint density at radius 3 is 3.00 bits per heavy atom. The number of carbonyl (C=O) groups excluding carboxylic acids is 1. The monoisotopic (exact) mass is 261 g/mol. The molecule has 0 aromatic carbocycles. The quantitative estimate of drug-likeness (QED) is 0.816. The Kier molecular flexibility index (Phi) is 3.59. The third kappa shape index (κ3) is 2.49. The van der Waals surface area contributed by atoms with Crippen LogP contribution in [0, 0.1) is 0 Å². The van der Waals surface area contributed by atoms with Crippen molar-refractivity contribution in [3.05, 3.63) is 21.3 Å². The molecule has 1 atom stereocenters. The van der Waals surface area contributed by atoms with Crippen molar-refractivity contribution in [2.45, 2.75) is 11.7 Å². The second-order valence-corrected chi connectivity index (χ2v) is 6.35. The van der Waals surface area contributed by atoms with Crippen molar-refractivity contribution in [1.29, 1.82) is 0 Å². The van der Waals surface area contributed by atoms with Gasteiger partial charge < -0.3 is 4.90 Å². The first kappa shape index (κ1) is 11.3. The molecule has 2 heterocycles. The molecule has 1 aromatic heterocycles. The molecule has 1 fully saturated rings. The van der Waals surface area contributed by atoms with Gasteiger partial charge in [-0.2, -0.15) is 11.8 Å². The Bertz CT molecular complexity index is 366. The van der Waals surface area contributed by atoms with Gasteiger partial charge in [0.15, 0.2) is 0 Å². The maximum absolute atomic E-state index is 12.0. The van der Waals surface area contributed by atoms with Gasteiger partial charge in [0, 0.05) is 18.3 Å². The van der Waals surface area contributed by atoms with E-state index in [0.717, 1.165) is 24.4 Å². The van der Waals surface area contributed by atoms with E-state index in [1.54, 1.807) is 6.07 Å². The summed E-state index contributed by atoms with van der Waals surface area (Å²) < 4.78 is 0.680. The maximum atomic E-state index is 12.0. The van der Waals surface area contributed by atoms with Gasteiger partial charge in [-0.15, -0.1) is 11.3 Å². The molecule has 0 bridgehead atoms. The fraction of sp³-hybridized carbons (Fsp3) is 0.500. The molecule has 0 saturated carbocycles. The van der Waals surface area contributed by atoms with E-state index < -0.39 is 0 Å². The summed E-state index contributed by atoms with van der Waals surface area (Å²) in [6, 6.07) is 3.59. The van der Waals surface area contributed by atoms with Gasteiger partial charge in [-0.05, 0) is 24.8 Å². The molecule has 0 N–H and O–H groups in total. The third-order valence-corrected chi connectivity index (χ3v) is 4.82. The van der Waals surface area contributed by atoms with Crippen molar-refractivity contribution in [2.75, 3.05) is 19.3 Å². The highest BCUT2D eigenvalue weighted by Gasteiger charge is 2.26. The van der Waals surface area contributed by atoms with E-state index in [2.05, 4.69) is 6.26 Å². The fourth-order valence-corrected chi connectivity index (χ4v) is 3.37. The van der Waals surface area contributed by atoms with E-state index >= 15 is 0 Å². The summed E-state index contributed by atoms with van der Waals surface area (Å²) in [5.74, 6) is 0.128. The van der Waals surface area contributed by atoms with Crippen LogP contribution in [-0.2, 0) is 0 Å². The average molecular weight is 262 g/mol. The third-order valence-electron chi connectivity index (χ3n) is 2.55. The molecular formula is C10H12ClNOS2. The average Bonchev–Trinajstić information content (AvgIpc) is 2.84. The van der Waals surface area contributed by atoms with Crippen LogP contribution in [0.5, 0.6) is 0 Å². The number of nitrogens with zero attached hydrogens (tertiary/aromatic N) is 1. The molecule has 2 nitrogen and oxygen atoms in total. The summed E-state index contributed by atoms with van der Waals surface area (Å²) in [5, 5.41) is 0.601. The Morgan fingerprint density at radius 1 is 1.67 bits per heavy atom. The van der Waals surface area contributed by atoms with Gasteiger partial charge in [-0.25, -0.2) is 0 Å². The Balaban J connectivity index is 2.03. The molecule has 0 radical (unpaired) electrons. The van der Waals surface area contributed by atoms with Crippen LogP contribution in [0.2, 0.25) is 4.34 Å². The van der Waals surface area contributed by atoms with Gasteiger partial charge in [-0.3, -0.25) is 4.79 Å². The summed E-state index contributed by atoms with van der Waals surface area (Å²) in [7, 11) is 0.